The second-order valence-electron chi connectivity index (χ2n) is 13.3. The third-order valence-corrected chi connectivity index (χ3v) is 12.8. The summed E-state index contributed by atoms with van der Waals surface area (Å²) < 4.78 is 53.0. The van der Waals surface area contributed by atoms with Crippen molar-refractivity contribution in [3.8, 4) is 23.1 Å². The third-order valence-electron chi connectivity index (χ3n) is 8.35. The Morgan fingerprint density at radius 2 is 1.91 bits per heavy atom. The molecule has 1 N–H and O–H groups in total. The van der Waals surface area contributed by atoms with Gasteiger partial charge in [0.05, 0.1) is 28.6 Å². The van der Waals surface area contributed by atoms with Gasteiger partial charge in [-0.05, 0) is 73.9 Å². The molecular formula is C32H38BF3N5O3Si. The van der Waals surface area contributed by atoms with Crippen LogP contribution in [0.1, 0.15) is 58.2 Å². The van der Waals surface area contributed by atoms with Crippen molar-refractivity contribution in [3.05, 3.63) is 59.3 Å². The number of aromatic nitrogens is 2. The smallest absolute Gasteiger partial charge is 0.416 e. The molecule has 3 aromatic rings. The molecule has 2 aromatic carbocycles. The number of alkyl halides is 3. The molecule has 0 saturated heterocycles. The number of benzene rings is 2. The number of hydrogen-bond acceptors (Lipinski definition) is 8. The number of carbonyl (C=O) groups excluding carboxylic acids is 1. The molecule has 0 fully saturated rings. The maximum atomic E-state index is 13.5. The number of fused-ring (bicyclic) bond motifs is 1. The summed E-state index contributed by atoms with van der Waals surface area (Å²) in [6.07, 6.45) is -2.64. The van der Waals surface area contributed by atoms with Crippen molar-refractivity contribution in [1.82, 2.24) is 9.97 Å². The lowest BCUT2D eigenvalue weighted by molar-refractivity contribution is -0.137. The first-order valence-electron chi connectivity index (χ1n) is 14.6. The molecule has 237 valence electrons. The molecule has 1 aliphatic heterocycles. The highest BCUT2D eigenvalue weighted by Gasteiger charge is 2.44. The summed E-state index contributed by atoms with van der Waals surface area (Å²) in [5.41, 5.74) is 1.58. The van der Waals surface area contributed by atoms with Gasteiger partial charge in [-0.3, -0.25) is 0 Å². The lowest BCUT2D eigenvalue weighted by Crippen LogP contribution is -2.46. The van der Waals surface area contributed by atoms with Crippen LogP contribution >= 0.6 is 0 Å². The number of anilines is 3. The molecule has 1 aliphatic rings. The largest absolute Gasteiger partial charge is 0.489 e. The number of hydrogen-bond donors (Lipinski definition) is 1. The first-order valence-corrected chi connectivity index (χ1v) is 17.6. The summed E-state index contributed by atoms with van der Waals surface area (Å²) in [6.45, 7) is 17.3. The third kappa shape index (κ3) is 7.34. The number of carbonyl (C=O) groups is 1. The minimum Gasteiger partial charge on any atom is -0.489 e. The van der Waals surface area contributed by atoms with E-state index in [1.165, 1.54) is 19.7 Å². The molecule has 4 rings (SSSR count). The van der Waals surface area contributed by atoms with Gasteiger partial charge in [0.25, 0.3) is 0 Å². The van der Waals surface area contributed by atoms with E-state index in [0.717, 1.165) is 17.7 Å². The molecule has 0 amide bonds. The fourth-order valence-electron chi connectivity index (χ4n) is 4.92. The molecular weight excluding hydrogens is 598 g/mol. The van der Waals surface area contributed by atoms with Crippen LogP contribution in [-0.4, -0.2) is 51.1 Å². The van der Waals surface area contributed by atoms with Gasteiger partial charge in [0.15, 0.2) is 8.32 Å². The van der Waals surface area contributed by atoms with Crippen LogP contribution in [-0.2, 0) is 20.8 Å². The minimum absolute atomic E-state index is 0.0108. The standard InChI is InChI=1S/C32H38BF3N5O3Si/c1-20(2)44-27-10-9-23(32(34,35)36)15-26(27)40-29-38-12-11-25(39-29)21-13-22(16-37)28-24(14-21)31(6,17-41(28)33-19-42)18-43-45(7,8)30(3,4)5/h9-15,19-20H,17-18H2,1-8H3,(H,38,39,40). The first-order chi connectivity index (χ1) is 20.9. The van der Waals surface area contributed by atoms with Crippen LogP contribution in [0.3, 0.4) is 0 Å². The SMILES string of the molecule is CC(C)Oc1ccc(C(F)(F)F)cc1Nc1nccc(-c2cc(C#N)c3c(c2)C(C)(CO[Si](C)(C)C(C)(C)C)CN3[B]C=O)n1. The summed E-state index contributed by atoms with van der Waals surface area (Å²) >= 11 is 0. The second kappa shape index (κ2) is 12.5. The van der Waals surface area contributed by atoms with E-state index in [1.807, 2.05) is 6.07 Å². The number of rotatable bonds is 10. The van der Waals surface area contributed by atoms with Gasteiger partial charge in [-0.15, -0.1) is 0 Å². The Bertz CT molecular complexity index is 1620. The van der Waals surface area contributed by atoms with Gasteiger partial charge in [0.2, 0.25) is 5.95 Å². The minimum atomic E-state index is -4.55. The fraction of sp³-hybridized carbons (Fsp3) is 0.438. The lowest BCUT2D eigenvalue weighted by atomic mass is 9.83. The van der Waals surface area contributed by atoms with Crippen LogP contribution in [0.25, 0.3) is 11.3 Å². The lowest BCUT2D eigenvalue weighted by Gasteiger charge is -2.39. The van der Waals surface area contributed by atoms with Gasteiger partial charge < -0.3 is 24.1 Å². The van der Waals surface area contributed by atoms with Crippen LogP contribution in [0, 0.1) is 11.3 Å². The van der Waals surface area contributed by atoms with E-state index in [1.54, 1.807) is 30.8 Å². The Morgan fingerprint density at radius 1 is 1.20 bits per heavy atom. The van der Waals surface area contributed by atoms with E-state index in [9.17, 15) is 23.2 Å². The average Bonchev–Trinajstić information content (AvgIpc) is 3.23. The zero-order valence-electron chi connectivity index (χ0n) is 26.8. The number of nitrogens with one attached hydrogen (secondary N) is 1. The van der Waals surface area contributed by atoms with Crippen molar-refractivity contribution in [1.29, 1.82) is 5.26 Å². The van der Waals surface area contributed by atoms with Crippen molar-refractivity contribution in [2.75, 3.05) is 23.3 Å². The first kappa shape index (κ1) is 34.0. The van der Waals surface area contributed by atoms with Crippen molar-refractivity contribution >= 4 is 39.2 Å². The van der Waals surface area contributed by atoms with E-state index in [4.69, 9.17) is 9.16 Å². The summed E-state index contributed by atoms with van der Waals surface area (Å²) in [5.74, 6) is 0.277. The fourth-order valence-corrected chi connectivity index (χ4v) is 6.03. The molecule has 0 bridgehead atoms. The summed E-state index contributed by atoms with van der Waals surface area (Å²) in [4.78, 5) is 22.2. The Hall–Kier alpha value is -3.89. The van der Waals surface area contributed by atoms with Crippen molar-refractivity contribution < 1.29 is 27.1 Å². The van der Waals surface area contributed by atoms with E-state index >= 15 is 0 Å². The molecule has 2 heterocycles. The number of ether oxygens (including phenoxy) is 1. The monoisotopic (exact) mass is 636 g/mol. The topological polar surface area (TPSA) is 100 Å². The van der Waals surface area contributed by atoms with Gasteiger partial charge in [-0.2, -0.15) is 18.4 Å². The highest BCUT2D eigenvalue weighted by molar-refractivity contribution is 6.74. The molecule has 0 saturated carbocycles. The zero-order valence-corrected chi connectivity index (χ0v) is 27.8. The van der Waals surface area contributed by atoms with Crippen LogP contribution < -0.4 is 14.9 Å². The molecule has 45 heavy (non-hydrogen) atoms. The molecule has 13 heteroatoms. The maximum Gasteiger partial charge on any atom is 0.416 e. The second-order valence-corrected chi connectivity index (χ2v) is 18.1. The number of halogens is 3. The van der Waals surface area contributed by atoms with Crippen molar-refractivity contribution in [2.24, 2.45) is 0 Å². The highest BCUT2D eigenvalue weighted by atomic mass is 28.4. The average molecular weight is 637 g/mol. The summed E-state index contributed by atoms with van der Waals surface area (Å²) in [5, 5.41) is 13.1. The highest BCUT2D eigenvalue weighted by Crippen LogP contribution is 2.46. The molecule has 1 radical (unpaired) electrons. The van der Waals surface area contributed by atoms with Gasteiger partial charge in [-0.25, -0.2) is 9.97 Å². The summed E-state index contributed by atoms with van der Waals surface area (Å²) in [6, 6.07) is 10.8. The van der Waals surface area contributed by atoms with Crippen LogP contribution in [0.5, 0.6) is 5.75 Å². The molecule has 1 unspecified atom stereocenters. The van der Waals surface area contributed by atoms with Crippen molar-refractivity contribution in [3.63, 3.8) is 0 Å². The van der Waals surface area contributed by atoms with Crippen molar-refractivity contribution in [2.45, 2.75) is 77.4 Å². The Balaban J connectivity index is 1.77. The quantitative estimate of drug-likeness (QED) is 0.181. The number of nitriles is 1. The van der Waals surface area contributed by atoms with Crippen LogP contribution in [0.15, 0.2) is 42.6 Å². The molecule has 1 atom stereocenters. The van der Waals surface area contributed by atoms with Gasteiger partial charge in [0.1, 0.15) is 18.0 Å². The van der Waals surface area contributed by atoms with Crippen LogP contribution in [0.4, 0.5) is 30.5 Å². The Labute approximate surface area is 264 Å². The van der Waals surface area contributed by atoms with Gasteiger partial charge >= 0.3 is 13.6 Å². The molecule has 8 nitrogen and oxygen atoms in total. The normalized spacial score (nSPS) is 16.7. The Kier molecular flexibility index (Phi) is 9.43. The molecule has 0 spiro atoms. The predicted molar refractivity (Wildman–Crippen MR) is 173 cm³/mol. The van der Waals surface area contributed by atoms with Gasteiger partial charge in [-0.1, -0.05) is 27.7 Å². The van der Waals surface area contributed by atoms with E-state index < -0.39 is 25.5 Å². The zero-order chi connectivity index (χ0) is 33.4. The maximum absolute atomic E-state index is 13.5. The van der Waals surface area contributed by atoms with Gasteiger partial charge in [0, 0.05) is 36.0 Å². The predicted octanol–water partition coefficient (Wildman–Crippen LogP) is 7.47. The molecule has 1 aromatic heterocycles. The summed E-state index contributed by atoms with van der Waals surface area (Å²) in [7, 11) is -0.703. The van der Waals surface area contributed by atoms with E-state index in [-0.39, 0.29) is 28.5 Å². The van der Waals surface area contributed by atoms with Crippen LogP contribution in [0.2, 0.25) is 18.1 Å². The number of nitrogens with zero attached hydrogens (tertiary/aromatic N) is 4. The van der Waals surface area contributed by atoms with E-state index in [2.05, 4.69) is 62.1 Å². The Morgan fingerprint density at radius 3 is 2.51 bits per heavy atom. The molecule has 0 aliphatic carbocycles. The van der Waals surface area contributed by atoms with E-state index in [0.29, 0.717) is 41.8 Å².